The number of hydrogen-bond donors (Lipinski definition) is 1. The van der Waals surface area contributed by atoms with Gasteiger partial charge in [0.2, 0.25) is 0 Å². The molecule has 0 saturated heterocycles. The molecule has 0 atom stereocenters. The quantitative estimate of drug-likeness (QED) is 0.449. The maximum absolute atomic E-state index is 14.4. The Balaban J connectivity index is 1.85. The van der Waals surface area contributed by atoms with Crippen LogP contribution in [0.25, 0.3) is 0 Å². The Labute approximate surface area is 181 Å². The summed E-state index contributed by atoms with van der Waals surface area (Å²) in [6, 6.07) is 19.0. The van der Waals surface area contributed by atoms with Crippen LogP contribution in [0.1, 0.15) is 16.7 Å². The van der Waals surface area contributed by atoms with E-state index in [9.17, 15) is 17.6 Å². The summed E-state index contributed by atoms with van der Waals surface area (Å²) < 4.78 is 41.6. The van der Waals surface area contributed by atoms with Crippen LogP contribution >= 0.6 is 0 Å². The topological polar surface area (TPSA) is 78.8 Å². The molecule has 3 aromatic carbocycles. The first kappa shape index (κ1) is 22.2. The Bertz CT molecular complexity index is 1190. The lowest BCUT2D eigenvalue weighted by Gasteiger charge is -2.24. The fourth-order valence-corrected chi connectivity index (χ4v) is 4.22. The van der Waals surface area contributed by atoms with Gasteiger partial charge in [-0.3, -0.25) is 9.10 Å². The van der Waals surface area contributed by atoms with E-state index >= 15 is 0 Å². The molecule has 0 spiro atoms. The van der Waals surface area contributed by atoms with Gasteiger partial charge < -0.3 is 0 Å². The number of nitrogens with one attached hydrogen (secondary N) is 1. The first-order chi connectivity index (χ1) is 14.8. The van der Waals surface area contributed by atoms with E-state index in [-0.39, 0.29) is 10.6 Å². The summed E-state index contributed by atoms with van der Waals surface area (Å²) in [5.74, 6) is -1.46. The van der Waals surface area contributed by atoms with Crippen LogP contribution in [0.15, 0.2) is 82.8 Å². The first-order valence-electron chi connectivity index (χ1n) is 9.50. The molecule has 3 rings (SSSR count). The number of amides is 1. The van der Waals surface area contributed by atoms with Crippen molar-refractivity contribution in [3.8, 4) is 0 Å². The summed E-state index contributed by atoms with van der Waals surface area (Å²) in [6.07, 6.45) is 1.44. The zero-order valence-corrected chi connectivity index (χ0v) is 17.9. The van der Waals surface area contributed by atoms with Crippen molar-refractivity contribution in [3.63, 3.8) is 0 Å². The summed E-state index contributed by atoms with van der Waals surface area (Å²) >= 11 is 0. The standard InChI is InChI=1S/C23H22FN3O3S/c1-17-7-11-19(12-8-17)15-25-26-23(28)16-27(22-6-4-3-5-21(22)24)31(29,30)20-13-9-18(2)10-14-20/h3-15H,16H2,1-2H3,(H,26,28)/b25-15+. The summed E-state index contributed by atoms with van der Waals surface area (Å²) in [6.45, 7) is 3.14. The van der Waals surface area contributed by atoms with E-state index in [4.69, 9.17) is 0 Å². The number of sulfonamides is 1. The van der Waals surface area contributed by atoms with Crippen molar-refractivity contribution < 1.29 is 17.6 Å². The molecule has 31 heavy (non-hydrogen) atoms. The van der Waals surface area contributed by atoms with Crippen LogP contribution in [0.2, 0.25) is 0 Å². The molecule has 8 heteroatoms. The van der Waals surface area contributed by atoms with Gasteiger partial charge in [-0.2, -0.15) is 5.10 Å². The van der Waals surface area contributed by atoms with Gasteiger partial charge in [0.1, 0.15) is 12.4 Å². The molecule has 6 nitrogen and oxygen atoms in total. The van der Waals surface area contributed by atoms with Gasteiger partial charge in [-0.15, -0.1) is 0 Å². The van der Waals surface area contributed by atoms with Gasteiger partial charge >= 0.3 is 0 Å². The number of hydrazone groups is 1. The maximum atomic E-state index is 14.4. The van der Waals surface area contributed by atoms with E-state index in [0.717, 1.165) is 27.1 Å². The second-order valence-corrected chi connectivity index (χ2v) is 8.84. The van der Waals surface area contributed by atoms with E-state index < -0.39 is 28.3 Å². The minimum atomic E-state index is -4.19. The molecular formula is C23H22FN3O3S. The molecule has 160 valence electrons. The van der Waals surface area contributed by atoms with Gasteiger partial charge in [0.05, 0.1) is 16.8 Å². The average molecular weight is 440 g/mol. The van der Waals surface area contributed by atoms with Crippen LogP contribution < -0.4 is 9.73 Å². The molecule has 0 unspecified atom stereocenters. The van der Waals surface area contributed by atoms with Crippen LogP contribution in [-0.2, 0) is 14.8 Å². The summed E-state index contributed by atoms with van der Waals surface area (Å²) in [5, 5.41) is 3.87. The zero-order chi connectivity index (χ0) is 22.4. The average Bonchev–Trinajstić information content (AvgIpc) is 2.74. The minimum absolute atomic E-state index is 0.0442. The maximum Gasteiger partial charge on any atom is 0.264 e. The second-order valence-electron chi connectivity index (χ2n) is 6.98. The highest BCUT2D eigenvalue weighted by atomic mass is 32.2. The van der Waals surface area contributed by atoms with Crippen molar-refractivity contribution in [1.82, 2.24) is 5.43 Å². The molecule has 0 aliphatic rings. The van der Waals surface area contributed by atoms with E-state index in [2.05, 4.69) is 10.5 Å². The molecule has 3 aromatic rings. The van der Waals surface area contributed by atoms with E-state index in [0.29, 0.717) is 0 Å². The van der Waals surface area contributed by atoms with E-state index in [1.807, 2.05) is 38.1 Å². The molecule has 1 amide bonds. The highest BCUT2D eigenvalue weighted by Gasteiger charge is 2.29. The molecule has 0 aliphatic heterocycles. The lowest BCUT2D eigenvalue weighted by molar-refractivity contribution is -0.119. The number of halogens is 1. The van der Waals surface area contributed by atoms with Crippen molar-refractivity contribution in [3.05, 3.63) is 95.3 Å². The minimum Gasteiger partial charge on any atom is -0.271 e. The van der Waals surface area contributed by atoms with Crippen LogP contribution in [0, 0.1) is 19.7 Å². The molecule has 0 bridgehead atoms. The highest BCUT2D eigenvalue weighted by molar-refractivity contribution is 7.92. The molecule has 0 radical (unpaired) electrons. The smallest absolute Gasteiger partial charge is 0.264 e. The lowest BCUT2D eigenvalue weighted by Crippen LogP contribution is -2.40. The Kier molecular flexibility index (Phi) is 6.81. The van der Waals surface area contributed by atoms with Crippen molar-refractivity contribution in [1.29, 1.82) is 0 Å². The first-order valence-corrected chi connectivity index (χ1v) is 10.9. The number of rotatable bonds is 7. The van der Waals surface area contributed by atoms with Crippen LogP contribution in [0.4, 0.5) is 10.1 Å². The number of nitrogens with zero attached hydrogens (tertiary/aromatic N) is 2. The Morgan fingerprint density at radius 2 is 1.55 bits per heavy atom. The van der Waals surface area contributed by atoms with Gasteiger partial charge in [-0.1, -0.05) is 59.7 Å². The zero-order valence-electron chi connectivity index (χ0n) is 17.1. The van der Waals surface area contributed by atoms with Crippen LogP contribution in [0.5, 0.6) is 0 Å². The number of benzene rings is 3. The van der Waals surface area contributed by atoms with Crippen molar-refractivity contribution >= 4 is 27.8 Å². The van der Waals surface area contributed by atoms with Crippen molar-refractivity contribution in [2.75, 3.05) is 10.8 Å². The van der Waals surface area contributed by atoms with Gasteiger partial charge in [0.15, 0.2) is 0 Å². The third-order valence-corrected chi connectivity index (χ3v) is 6.27. The van der Waals surface area contributed by atoms with E-state index in [1.165, 1.54) is 36.5 Å². The Hall–Kier alpha value is -3.52. The monoisotopic (exact) mass is 439 g/mol. The molecule has 1 N–H and O–H groups in total. The van der Waals surface area contributed by atoms with Crippen LogP contribution in [-0.4, -0.2) is 27.1 Å². The second kappa shape index (κ2) is 9.53. The van der Waals surface area contributed by atoms with Crippen molar-refractivity contribution in [2.45, 2.75) is 18.7 Å². The van der Waals surface area contributed by atoms with Crippen LogP contribution in [0.3, 0.4) is 0 Å². The molecule has 0 aliphatic carbocycles. The largest absolute Gasteiger partial charge is 0.271 e. The summed E-state index contributed by atoms with van der Waals surface area (Å²) in [4.78, 5) is 12.4. The fourth-order valence-electron chi connectivity index (χ4n) is 2.79. The normalized spacial score (nSPS) is 11.5. The molecular weight excluding hydrogens is 417 g/mol. The number of para-hydroxylation sites is 1. The van der Waals surface area contributed by atoms with E-state index in [1.54, 1.807) is 12.1 Å². The number of carbonyl (C=O) groups excluding carboxylic acids is 1. The number of anilines is 1. The Morgan fingerprint density at radius 3 is 2.16 bits per heavy atom. The lowest BCUT2D eigenvalue weighted by atomic mass is 10.2. The van der Waals surface area contributed by atoms with Gasteiger partial charge in [-0.25, -0.2) is 18.2 Å². The van der Waals surface area contributed by atoms with Gasteiger partial charge in [-0.05, 0) is 43.7 Å². The SMILES string of the molecule is Cc1ccc(/C=N/NC(=O)CN(c2ccccc2F)S(=O)(=O)c2ccc(C)cc2)cc1. The van der Waals surface area contributed by atoms with Gasteiger partial charge in [0.25, 0.3) is 15.9 Å². The third-order valence-electron chi connectivity index (χ3n) is 4.50. The predicted molar refractivity (Wildman–Crippen MR) is 119 cm³/mol. The third kappa shape index (κ3) is 5.55. The number of carbonyl (C=O) groups is 1. The van der Waals surface area contributed by atoms with Crippen molar-refractivity contribution in [2.24, 2.45) is 5.10 Å². The van der Waals surface area contributed by atoms with Gasteiger partial charge in [0, 0.05) is 0 Å². The number of hydrogen-bond acceptors (Lipinski definition) is 4. The molecule has 0 heterocycles. The molecule has 0 saturated carbocycles. The Morgan fingerprint density at radius 1 is 0.968 bits per heavy atom. The summed E-state index contributed by atoms with van der Waals surface area (Å²) in [7, 11) is -4.19. The molecule has 0 aromatic heterocycles. The fraction of sp³-hybridized carbons (Fsp3) is 0.130. The number of aryl methyl sites for hydroxylation is 2. The highest BCUT2D eigenvalue weighted by Crippen LogP contribution is 2.26. The predicted octanol–water partition coefficient (Wildman–Crippen LogP) is 3.79. The molecule has 0 fully saturated rings. The summed E-state index contributed by atoms with van der Waals surface area (Å²) in [5.41, 5.74) is 4.81.